The Labute approximate surface area is 138 Å². The molecule has 1 saturated heterocycles. The van der Waals surface area contributed by atoms with Crippen LogP contribution in [0.15, 0.2) is 17.3 Å². The summed E-state index contributed by atoms with van der Waals surface area (Å²) in [5.41, 5.74) is 0. The zero-order valence-electron chi connectivity index (χ0n) is 14.3. The molecule has 0 spiro atoms. The van der Waals surface area contributed by atoms with Gasteiger partial charge >= 0.3 is 0 Å². The highest BCUT2D eigenvalue weighted by Crippen LogP contribution is 2.00. The lowest BCUT2D eigenvalue weighted by molar-refractivity contribution is -0.137. The minimum atomic E-state index is -0.186. The number of hydrogen-bond acceptors (Lipinski definition) is 6. The van der Waals surface area contributed by atoms with Crippen LogP contribution in [0.2, 0.25) is 0 Å². The van der Waals surface area contributed by atoms with Crippen molar-refractivity contribution >= 4 is 18.1 Å². The van der Waals surface area contributed by atoms with Gasteiger partial charge in [-0.15, -0.1) is 0 Å². The Kier molecular flexibility index (Phi) is 8.93. The van der Waals surface area contributed by atoms with E-state index in [1.807, 2.05) is 13.0 Å². The molecule has 2 N–H and O–H groups in total. The van der Waals surface area contributed by atoms with E-state index in [4.69, 9.17) is 10.1 Å². The van der Waals surface area contributed by atoms with Crippen LogP contribution in [0.5, 0.6) is 0 Å². The molecule has 0 aromatic rings. The molecule has 1 amide bonds. The number of hydrazine groups is 1. The third-order valence-corrected chi connectivity index (χ3v) is 3.38. The molecule has 23 heavy (non-hydrogen) atoms. The molecule has 0 radical (unpaired) electrons. The number of rotatable bonds is 7. The molecular weight excluding hydrogens is 296 g/mol. The maximum atomic E-state index is 12.1. The predicted molar refractivity (Wildman–Crippen MR) is 91.2 cm³/mol. The normalized spacial score (nSPS) is 16.0. The summed E-state index contributed by atoms with van der Waals surface area (Å²) < 4.78 is 5.30. The van der Waals surface area contributed by atoms with E-state index in [1.165, 1.54) is 10.1 Å². The lowest BCUT2D eigenvalue weighted by Crippen LogP contribution is -2.52. The summed E-state index contributed by atoms with van der Waals surface area (Å²) in [6, 6.07) is 0. The summed E-state index contributed by atoms with van der Waals surface area (Å²) in [4.78, 5) is 14.3. The minimum absolute atomic E-state index is 0.0326. The van der Waals surface area contributed by atoms with Gasteiger partial charge in [0, 0.05) is 45.9 Å². The summed E-state index contributed by atoms with van der Waals surface area (Å²) in [7, 11) is 1.64. The van der Waals surface area contributed by atoms with Gasteiger partial charge in [0.2, 0.25) is 11.9 Å². The molecule has 1 rings (SSSR count). The van der Waals surface area contributed by atoms with E-state index < -0.39 is 0 Å². The first-order valence-electron chi connectivity index (χ1n) is 7.94. The van der Waals surface area contributed by atoms with E-state index in [1.54, 1.807) is 26.3 Å². The number of ether oxygens (including phenoxy) is 1. The first-order valence-corrected chi connectivity index (χ1v) is 7.94. The van der Waals surface area contributed by atoms with Gasteiger partial charge < -0.3 is 10.1 Å². The number of guanidine groups is 1. The topological polar surface area (TPSA) is 84.3 Å². The number of amides is 1. The molecular formula is C15H28N6O2. The predicted octanol–water partition coefficient (Wildman–Crippen LogP) is 0.490. The van der Waals surface area contributed by atoms with Crippen LogP contribution in [-0.2, 0) is 9.53 Å². The van der Waals surface area contributed by atoms with Gasteiger partial charge in [-0.2, -0.15) is 15.2 Å². The van der Waals surface area contributed by atoms with Crippen LogP contribution < -0.4 is 5.32 Å². The molecule has 1 aliphatic rings. The van der Waals surface area contributed by atoms with Crippen molar-refractivity contribution in [2.24, 2.45) is 5.10 Å². The van der Waals surface area contributed by atoms with Crippen molar-refractivity contribution in [1.82, 2.24) is 20.3 Å². The molecule has 0 atom stereocenters. The second-order valence-corrected chi connectivity index (χ2v) is 5.07. The second kappa shape index (κ2) is 10.7. The van der Waals surface area contributed by atoms with Crippen LogP contribution in [0.3, 0.4) is 0 Å². The average Bonchev–Trinajstić information content (AvgIpc) is 2.56. The Bertz CT molecular complexity index is 432. The monoisotopic (exact) mass is 324 g/mol. The highest BCUT2D eigenvalue weighted by Gasteiger charge is 2.21. The van der Waals surface area contributed by atoms with Gasteiger partial charge in [-0.3, -0.25) is 15.1 Å². The molecule has 0 bridgehead atoms. The van der Waals surface area contributed by atoms with Gasteiger partial charge in [0.15, 0.2) is 0 Å². The Hall–Kier alpha value is -1.93. The number of nitrogens with one attached hydrogen (secondary N) is 2. The minimum Gasteiger partial charge on any atom is -0.379 e. The quantitative estimate of drug-likeness (QED) is 0.404. The standard InChI is InChI=1S/C15H28N6O2/c1-4-6-7-18-19(3)21(14(22)5-2)15(16)17-8-9-20-10-12-23-13-11-20/h4,6-7H,5,8-13H2,1-3H3,(H2,16,17)/b6-4-,18-7-. The first kappa shape index (κ1) is 19.1. The highest BCUT2D eigenvalue weighted by molar-refractivity contribution is 5.94. The van der Waals surface area contributed by atoms with Crippen molar-refractivity contribution in [2.45, 2.75) is 20.3 Å². The van der Waals surface area contributed by atoms with Crippen molar-refractivity contribution in [1.29, 1.82) is 5.41 Å². The summed E-state index contributed by atoms with van der Waals surface area (Å²) in [5.74, 6) is -0.153. The fourth-order valence-corrected chi connectivity index (χ4v) is 2.09. The van der Waals surface area contributed by atoms with Crippen LogP contribution in [0.4, 0.5) is 0 Å². The van der Waals surface area contributed by atoms with Crippen molar-refractivity contribution in [2.75, 3.05) is 46.4 Å². The number of morpholine rings is 1. The van der Waals surface area contributed by atoms with Crippen molar-refractivity contribution in [3.05, 3.63) is 12.2 Å². The molecule has 1 aliphatic heterocycles. The second-order valence-electron chi connectivity index (χ2n) is 5.07. The molecule has 0 aliphatic carbocycles. The Morgan fingerprint density at radius 1 is 1.43 bits per heavy atom. The Balaban J connectivity index is 2.52. The molecule has 0 unspecified atom stereocenters. The number of carbonyl (C=O) groups excluding carboxylic acids is 1. The first-order chi connectivity index (χ1) is 11.1. The SMILES string of the molecule is C/C=C\C=N/N(C)N(C(=N)NCCN1CCOCC1)C(=O)CC. The number of hydrogen-bond donors (Lipinski definition) is 2. The van der Waals surface area contributed by atoms with E-state index in [0.29, 0.717) is 13.0 Å². The van der Waals surface area contributed by atoms with E-state index in [0.717, 1.165) is 32.8 Å². The lowest BCUT2D eigenvalue weighted by Gasteiger charge is -2.30. The van der Waals surface area contributed by atoms with Crippen molar-refractivity contribution < 1.29 is 9.53 Å². The summed E-state index contributed by atoms with van der Waals surface area (Å²) in [6.45, 7) is 8.36. The van der Waals surface area contributed by atoms with Crippen LogP contribution in [0, 0.1) is 5.41 Å². The Morgan fingerprint density at radius 3 is 2.74 bits per heavy atom. The molecule has 0 saturated carbocycles. The number of allylic oxidation sites excluding steroid dienone is 2. The van der Waals surface area contributed by atoms with Gasteiger partial charge in [0.05, 0.1) is 13.2 Å². The Morgan fingerprint density at radius 2 is 2.13 bits per heavy atom. The number of carbonyl (C=O) groups is 1. The summed E-state index contributed by atoms with van der Waals surface area (Å²) >= 11 is 0. The van der Waals surface area contributed by atoms with Crippen LogP contribution in [0.1, 0.15) is 20.3 Å². The van der Waals surface area contributed by atoms with Crippen LogP contribution in [-0.4, -0.2) is 79.5 Å². The van der Waals surface area contributed by atoms with E-state index in [9.17, 15) is 4.79 Å². The van der Waals surface area contributed by atoms with Gasteiger partial charge in [-0.05, 0) is 13.0 Å². The zero-order valence-corrected chi connectivity index (χ0v) is 14.3. The smallest absolute Gasteiger partial charge is 0.249 e. The fourth-order valence-electron chi connectivity index (χ4n) is 2.09. The lowest BCUT2D eigenvalue weighted by atomic mass is 10.4. The molecule has 0 aromatic carbocycles. The molecule has 1 fully saturated rings. The van der Waals surface area contributed by atoms with Crippen LogP contribution in [0.25, 0.3) is 0 Å². The third-order valence-electron chi connectivity index (χ3n) is 3.38. The highest BCUT2D eigenvalue weighted by atomic mass is 16.5. The maximum Gasteiger partial charge on any atom is 0.249 e. The van der Waals surface area contributed by atoms with Crippen LogP contribution >= 0.6 is 0 Å². The average molecular weight is 324 g/mol. The molecule has 8 nitrogen and oxygen atoms in total. The van der Waals surface area contributed by atoms with Gasteiger partial charge in [0.1, 0.15) is 0 Å². The summed E-state index contributed by atoms with van der Waals surface area (Å²) in [6.07, 6.45) is 5.49. The van der Waals surface area contributed by atoms with Gasteiger partial charge in [0.25, 0.3) is 0 Å². The summed E-state index contributed by atoms with van der Waals surface area (Å²) in [5, 5.41) is 17.8. The third kappa shape index (κ3) is 6.79. The maximum absolute atomic E-state index is 12.1. The molecule has 130 valence electrons. The molecule has 1 heterocycles. The van der Waals surface area contributed by atoms with Crippen molar-refractivity contribution in [3.8, 4) is 0 Å². The zero-order chi connectivity index (χ0) is 17.1. The molecule has 0 aromatic heterocycles. The van der Waals surface area contributed by atoms with Crippen molar-refractivity contribution in [3.63, 3.8) is 0 Å². The van der Waals surface area contributed by atoms with Gasteiger partial charge in [-0.25, -0.2) is 0 Å². The van der Waals surface area contributed by atoms with Gasteiger partial charge in [-0.1, -0.05) is 13.0 Å². The fraction of sp³-hybridized carbons (Fsp3) is 0.667. The van der Waals surface area contributed by atoms with E-state index >= 15 is 0 Å². The number of hydrazone groups is 1. The van der Waals surface area contributed by atoms with E-state index in [2.05, 4.69) is 15.3 Å². The van der Waals surface area contributed by atoms with E-state index in [-0.39, 0.29) is 11.9 Å². The largest absolute Gasteiger partial charge is 0.379 e. The molecule has 8 heteroatoms. The number of nitrogens with zero attached hydrogens (tertiary/aromatic N) is 4.